The van der Waals surface area contributed by atoms with Gasteiger partial charge in [-0.05, 0) is 124 Å². The van der Waals surface area contributed by atoms with Crippen molar-refractivity contribution in [3.8, 4) is 0 Å². The lowest BCUT2D eigenvalue weighted by atomic mass is 9.35. The number of aliphatic hydroxyl groups excluding tert-OH is 5. The Labute approximate surface area is 265 Å². The van der Waals surface area contributed by atoms with Gasteiger partial charge in [-0.1, -0.05) is 46.3 Å². The first-order chi connectivity index (χ1) is 20.3. The highest BCUT2D eigenvalue weighted by Crippen LogP contribution is 2.76. The van der Waals surface area contributed by atoms with Crippen LogP contribution in [0.3, 0.4) is 0 Å². The van der Waals surface area contributed by atoms with E-state index < -0.39 is 49.0 Å². The summed E-state index contributed by atoms with van der Waals surface area (Å²) in [5.41, 5.74) is 0.122. The summed E-state index contributed by atoms with van der Waals surface area (Å²) in [7, 11) is 0. The van der Waals surface area contributed by atoms with Crippen LogP contribution in [0.25, 0.3) is 0 Å². The first kappa shape index (κ1) is 34.7. The number of hydrogen-bond acceptors (Lipinski definition) is 8. The summed E-state index contributed by atoms with van der Waals surface area (Å²) in [6.07, 6.45) is 3.15. The molecule has 15 atom stereocenters. The maximum atomic E-state index is 12.0. The van der Waals surface area contributed by atoms with Gasteiger partial charge in [0, 0.05) is 0 Å². The molecular formula is C36H62O8. The lowest BCUT2D eigenvalue weighted by molar-refractivity contribution is -0.332. The van der Waals surface area contributed by atoms with Gasteiger partial charge in [-0.2, -0.15) is 0 Å². The van der Waals surface area contributed by atoms with E-state index in [0.29, 0.717) is 18.3 Å². The molecule has 5 rings (SSSR count). The average molecular weight is 623 g/mol. The van der Waals surface area contributed by atoms with Crippen LogP contribution in [-0.4, -0.2) is 85.8 Å². The fourth-order valence-electron chi connectivity index (χ4n) is 11.9. The number of ether oxygens (including phenoxy) is 2. The molecule has 0 aromatic heterocycles. The van der Waals surface area contributed by atoms with Gasteiger partial charge in [0.1, 0.15) is 24.4 Å². The molecule has 1 saturated heterocycles. The minimum atomic E-state index is -1.46. The van der Waals surface area contributed by atoms with Gasteiger partial charge in [-0.25, -0.2) is 0 Å². The second-order valence-corrected chi connectivity index (χ2v) is 17.3. The van der Waals surface area contributed by atoms with Crippen LogP contribution < -0.4 is 0 Å². The molecule has 254 valence electrons. The van der Waals surface area contributed by atoms with Gasteiger partial charge in [0.25, 0.3) is 0 Å². The second kappa shape index (κ2) is 11.8. The summed E-state index contributed by atoms with van der Waals surface area (Å²) in [5.74, 6) is 0.792. The Balaban J connectivity index is 1.37. The Morgan fingerprint density at radius 1 is 0.886 bits per heavy atom. The third-order valence-corrected chi connectivity index (χ3v) is 14.5. The monoisotopic (exact) mass is 622 g/mol. The first-order valence-electron chi connectivity index (χ1n) is 17.3. The molecule has 5 fully saturated rings. The van der Waals surface area contributed by atoms with Crippen LogP contribution in [0.5, 0.6) is 0 Å². The van der Waals surface area contributed by atoms with Crippen LogP contribution >= 0.6 is 0 Å². The molecule has 0 bridgehead atoms. The molecule has 0 radical (unpaired) electrons. The smallest absolute Gasteiger partial charge is 0.186 e. The molecule has 4 saturated carbocycles. The predicted molar refractivity (Wildman–Crippen MR) is 168 cm³/mol. The van der Waals surface area contributed by atoms with Crippen LogP contribution in [-0.2, 0) is 9.47 Å². The molecule has 1 aliphatic heterocycles. The van der Waals surface area contributed by atoms with Crippen molar-refractivity contribution < 1.29 is 40.1 Å². The van der Waals surface area contributed by atoms with Crippen molar-refractivity contribution in [2.75, 3.05) is 6.61 Å². The van der Waals surface area contributed by atoms with E-state index >= 15 is 0 Å². The van der Waals surface area contributed by atoms with Gasteiger partial charge in [-0.3, -0.25) is 0 Å². The third kappa shape index (κ3) is 5.26. The Bertz CT molecular complexity index is 1070. The number of aliphatic hydroxyl groups is 6. The van der Waals surface area contributed by atoms with Crippen LogP contribution in [0.2, 0.25) is 0 Å². The fraction of sp³-hybridized carbons (Fsp3) is 0.944. The van der Waals surface area contributed by atoms with E-state index in [0.717, 1.165) is 51.4 Å². The zero-order chi connectivity index (χ0) is 32.6. The second-order valence-electron chi connectivity index (χ2n) is 17.3. The number of allylic oxidation sites excluding steroid dienone is 2. The van der Waals surface area contributed by atoms with E-state index in [4.69, 9.17) is 9.47 Å². The Morgan fingerprint density at radius 3 is 2.18 bits per heavy atom. The molecular weight excluding hydrogens is 560 g/mol. The minimum Gasteiger partial charge on any atom is -0.394 e. The summed E-state index contributed by atoms with van der Waals surface area (Å²) in [5, 5.41) is 64.8. The molecule has 5 aliphatic rings. The highest BCUT2D eigenvalue weighted by Gasteiger charge is 2.71. The van der Waals surface area contributed by atoms with Gasteiger partial charge in [0.05, 0.1) is 24.4 Å². The van der Waals surface area contributed by atoms with E-state index in [1.807, 2.05) is 6.92 Å². The highest BCUT2D eigenvalue weighted by molar-refractivity contribution is 5.20. The van der Waals surface area contributed by atoms with Crippen LogP contribution in [0, 0.1) is 45.3 Å². The zero-order valence-electron chi connectivity index (χ0n) is 28.5. The van der Waals surface area contributed by atoms with E-state index in [9.17, 15) is 30.6 Å². The molecule has 3 unspecified atom stereocenters. The number of rotatable bonds is 7. The Morgan fingerprint density at radius 2 is 1.55 bits per heavy atom. The number of hydrogen-bond donors (Lipinski definition) is 6. The van der Waals surface area contributed by atoms with Crippen molar-refractivity contribution in [2.45, 2.75) is 162 Å². The average Bonchev–Trinajstić information content (AvgIpc) is 3.32. The fourth-order valence-corrected chi connectivity index (χ4v) is 11.9. The van der Waals surface area contributed by atoms with Gasteiger partial charge < -0.3 is 40.1 Å². The largest absolute Gasteiger partial charge is 0.394 e. The summed E-state index contributed by atoms with van der Waals surface area (Å²) in [4.78, 5) is 0. The van der Waals surface area contributed by atoms with Gasteiger partial charge in [0.2, 0.25) is 0 Å². The Kier molecular flexibility index (Phi) is 9.35. The SMILES string of the molecule is CC(C)=CCC[C@](C)(O)[C@@H]1CC[C@]2(C)C1[C@@H](O)C[C@H]1C3(C)CC[C@H](O[C@H]4O[C@H](CO)[C@@H](O)[C@H](O)[C@H]4O)C(C)(C)C3CC[C@@]12C. The molecule has 0 amide bonds. The van der Waals surface area contributed by atoms with Crippen molar-refractivity contribution in [3.63, 3.8) is 0 Å². The standard InChI is InChI=1S/C36H62O8/c1-20(2)10-9-14-36(8,42)21-11-16-35(7)27(21)22(38)18-25-33(5)15-13-26(32(3,4)24(33)12-17-34(25,35)6)44-31-30(41)29(40)28(39)23(19-37)43-31/h10,21-31,37-42H,9,11-19H2,1-8H3/t21-,22+,23-,24?,25+,26+,27?,28-,29+,30-,31-,33?,34+,35-,36+/m1/s1. The van der Waals surface area contributed by atoms with Crippen molar-refractivity contribution >= 4 is 0 Å². The predicted octanol–water partition coefficient (Wildman–Crippen LogP) is 4.32. The highest BCUT2D eigenvalue weighted by atomic mass is 16.7. The molecule has 1 heterocycles. The first-order valence-corrected chi connectivity index (χ1v) is 17.3. The molecule has 8 nitrogen and oxygen atoms in total. The molecule has 0 spiro atoms. The Hall–Kier alpha value is -0.580. The maximum Gasteiger partial charge on any atom is 0.186 e. The summed E-state index contributed by atoms with van der Waals surface area (Å²) in [6, 6.07) is 0. The van der Waals surface area contributed by atoms with Crippen LogP contribution in [0.1, 0.15) is 113 Å². The lowest BCUT2D eigenvalue weighted by Gasteiger charge is -2.70. The van der Waals surface area contributed by atoms with Crippen molar-refractivity contribution in [1.82, 2.24) is 0 Å². The quantitative estimate of drug-likeness (QED) is 0.182. The van der Waals surface area contributed by atoms with Crippen molar-refractivity contribution in [1.29, 1.82) is 0 Å². The van der Waals surface area contributed by atoms with E-state index in [-0.39, 0.29) is 39.6 Å². The van der Waals surface area contributed by atoms with Crippen molar-refractivity contribution in [3.05, 3.63) is 11.6 Å². The van der Waals surface area contributed by atoms with Crippen LogP contribution in [0.4, 0.5) is 0 Å². The van der Waals surface area contributed by atoms with E-state index in [2.05, 4.69) is 54.5 Å². The van der Waals surface area contributed by atoms with Crippen LogP contribution in [0.15, 0.2) is 11.6 Å². The van der Waals surface area contributed by atoms with Gasteiger partial charge in [0.15, 0.2) is 6.29 Å². The normalized spacial score (nSPS) is 51.5. The topological polar surface area (TPSA) is 140 Å². The number of fused-ring (bicyclic) bond motifs is 5. The lowest BCUT2D eigenvalue weighted by Crippen LogP contribution is -2.67. The zero-order valence-corrected chi connectivity index (χ0v) is 28.5. The van der Waals surface area contributed by atoms with Gasteiger partial charge in [-0.15, -0.1) is 0 Å². The summed E-state index contributed by atoms with van der Waals surface area (Å²) in [6.45, 7) is 17.5. The summed E-state index contributed by atoms with van der Waals surface area (Å²) >= 11 is 0. The molecule has 0 aromatic rings. The van der Waals surface area contributed by atoms with Crippen molar-refractivity contribution in [2.24, 2.45) is 45.3 Å². The summed E-state index contributed by atoms with van der Waals surface area (Å²) < 4.78 is 12.2. The molecule has 44 heavy (non-hydrogen) atoms. The minimum absolute atomic E-state index is 0.0231. The molecule has 4 aliphatic carbocycles. The van der Waals surface area contributed by atoms with E-state index in [1.165, 1.54) is 5.57 Å². The maximum absolute atomic E-state index is 12.0. The third-order valence-electron chi connectivity index (χ3n) is 14.5. The van der Waals surface area contributed by atoms with E-state index in [1.54, 1.807) is 0 Å². The molecule has 6 N–H and O–H groups in total. The molecule has 0 aromatic carbocycles. The van der Waals surface area contributed by atoms with Gasteiger partial charge >= 0.3 is 0 Å². The molecule has 8 heteroatoms.